The van der Waals surface area contributed by atoms with Crippen molar-refractivity contribution in [1.82, 2.24) is 9.78 Å². The van der Waals surface area contributed by atoms with Crippen molar-refractivity contribution in [2.45, 2.75) is 13.3 Å². The van der Waals surface area contributed by atoms with Crippen molar-refractivity contribution in [2.75, 3.05) is 11.9 Å². The van der Waals surface area contributed by atoms with Gasteiger partial charge in [-0.15, -0.1) is 0 Å². The molecule has 0 saturated heterocycles. The minimum absolute atomic E-state index is 0.517. The average molecular weight is 344 g/mol. The third-order valence-corrected chi connectivity index (χ3v) is 4.94. The summed E-state index contributed by atoms with van der Waals surface area (Å²) in [6, 6.07) is 14.0. The first-order valence-electron chi connectivity index (χ1n) is 7.52. The molecule has 3 nitrogen and oxygen atoms in total. The topological polar surface area (TPSA) is 29.9 Å². The smallest absolute Gasteiger partial charge is 0.133 e. The van der Waals surface area contributed by atoms with Crippen LogP contribution in [0.1, 0.15) is 11.1 Å². The van der Waals surface area contributed by atoms with Gasteiger partial charge in [-0.05, 0) is 25.5 Å². The summed E-state index contributed by atoms with van der Waals surface area (Å²) in [5.41, 5.74) is 5.38. The predicted octanol–water partition coefficient (Wildman–Crippen LogP) is 5.12. The highest BCUT2D eigenvalue weighted by Gasteiger charge is 2.25. The molecule has 0 fully saturated rings. The van der Waals surface area contributed by atoms with E-state index in [1.54, 1.807) is 6.07 Å². The van der Waals surface area contributed by atoms with E-state index in [4.69, 9.17) is 28.3 Å². The van der Waals surface area contributed by atoms with E-state index in [9.17, 15) is 0 Å². The first kappa shape index (κ1) is 14.6. The number of nitrogens with one attached hydrogen (secondary N) is 1. The molecule has 2 aromatic carbocycles. The Morgan fingerprint density at radius 3 is 2.65 bits per heavy atom. The van der Waals surface area contributed by atoms with Crippen LogP contribution in [0, 0.1) is 6.92 Å². The minimum Gasteiger partial charge on any atom is -0.369 e. The minimum atomic E-state index is 0.517. The highest BCUT2D eigenvalue weighted by molar-refractivity contribution is 6.43. The van der Waals surface area contributed by atoms with Gasteiger partial charge in [-0.25, -0.2) is 4.68 Å². The van der Waals surface area contributed by atoms with Crippen LogP contribution in [0.25, 0.3) is 16.9 Å². The van der Waals surface area contributed by atoms with E-state index in [1.807, 2.05) is 16.8 Å². The maximum atomic E-state index is 6.38. The third kappa shape index (κ3) is 2.41. The van der Waals surface area contributed by atoms with Gasteiger partial charge in [0.2, 0.25) is 0 Å². The van der Waals surface area contributed by atoms with E-state index < -0.39 is 0 Å². The number of nitrogens with zero attached hydrogens (tertiary/aromatic N) is 2. The quantitative estimate of drug-likeness (QED) is 0.699. The van der Waals surface area contributed by atoms with E-state index in [2.05, 4.69) is 36.5 Å². The molecule has 1 aliphatic heterocycles. The lowest BCUT2D eigenvalue weighted by atomic mass is 10.1. The Hall–Kier alpha value is -1.97. The molecule has 1 aromatic heterocycles. The summed E-state index contributed by atoms with van der Waals surface area (Å²) in [6.45, 7) is 2.99. The van der Waals surface area contributed by atoms with Gasteiger partial charge in [0.05, 0.1) is 21.4 Å². The van der Waals surface area contributed by atoms with Crippen LogP contribution in [0.2, 0.25) is 10.0 Å². The van der Waals surface area contributed by atoms with Crippen molar-refractivity contribution in [3.05, 3.63) is 63.6 Å². The fraction of sp³-hybridized carbons (Fsp3) is 0.167. The van der Waals surface area contributed by atoms with E-state index in [0.29, 0.717) is 10.0 Å². The van der Waals surface area contributed by atoms with E-state index in [-0.39, 0.29) is 0 Å². The number of hydrogen-bond acceptors (Lipinski definition) is 2. The maximum absolute atomic E-state index is 6.38. The zero-order valence-corrected chi connectivity index (χ0v) is 14.1. The largest absolute Gasteiger partial charge is 0.369 e. The molecule has 0 saturated carbocycles. The van der Waals surface area contributed by atoms with Gasteiger partial charge in [0, 0.05) is 17.7 Å². The summed E-state index contributed by atoms with van der Waals surface area (Å²) >= 11 is 12.5. The Kier molecular flexibility index (Phi) is 3.55. The number of halogens is 2. The lowest BCUT2D eigenvalue weighted by molar-refractivity contribution is 0.882. The van der Waals surface area contributed by atoms with Gasteiger partial charge >= 0.3 is 0 Å². The fourth-order valence-electron chi connectivity index (χ4n) is 2.95. The highest BCUT2D eigenvalue weighted by atomic mass is 35.5. The summed E-state index contributed by atoms with van der Waals surface area (Å²) in [5.74, 6) is 1.00. The van der Waals surface area contributed by atoms with Gasteiger partial charge in [0.15, 0.2) is 0 Å². The van der Waals surface area contributed by atoms with E-state index in [0.717, 1.165) is 35.7 Å². The second kappa shape index (κ2) is 5.59. The molecule has 0 radical (unpaired) electrons. The lowest BCUT2D eigenvalue weighted by Gasteiger charge is -2.09. The zero-order chi connectivity index (χ0) is 16.0. The van der Waals surface area contributed by atoms with Crippen LogP contribution in [0.4, 0.5) is 5.82 Å². The Labute approximate surface area is 144 Å². The number of aromatic nitrogens is 2. The monoisotopic (exact) mass is 343 g/mol. The van der Waals surface area contributed by atoms with Crippen molar-refractivity contribution < 1.29 is 0 Å². The number of benzene rings is 2. The van der Waals surface area contributed by atoms with Crippen molar-refractivity contribution in [3.8, 4) is 16.9 Å². The number of anilines is 1. The van der Waals surface area contributed by atoms with E-state index >= 15 is 0 Å². The number of aryl methyl sites for hydroxylation is 1. The molecule has 0 atom stereocenters. The molecule has 1 N–H and O–H groups in total. The Morgan fingerprint density at radius 2 is 1.87 bits per heavy atom. The molecule has 0 unspecified atom stereocenters. The third-order valence-electron chi connectivity index (χ3n) is 4.14. The second-order valence-electron chi connectivity index (χ2n) is 5.70. The summed E-state index contributed by atoms with van der Waals surface area (Å²) in [7, 11) is 0. The fourth-order valence-corrected chi connectivity index (χ4v) is 3.32. The second-order valence-corrected chi connectivity index (χ2v) is 6.49. The predicted molar refractivity (Wildman–Crippen MR) is 96.0 cm³/mol. The van der Waals surface area contributed by atoms with Crippen LogP contribution in [-0.4, -0.2) is 16.3 Å². The number of rotatable bonds is 2. The number of hydrogen-bond donors (Lipinski definition) is 1. The average Bonchev–Trinajstić information content (AvgIpc) is 3.14. The van der Waals surface area contributed by atoms with Crippen molar-refractivity contribution in [3.63, 3.8) is 0 Å². The van der Waals surface area contributed by atoms with Gasteiger partial charge in [0.1, 0.15) is 5.82 Å². The molecule has 3 aromatic rings. The van der Waals surface area contributed by atoms with Crippen LogP contribution in [0.15, 0.2) is 42.5 Å². The Balaban J connectivity index is 1.91. The van der Waals surface area contributed by atoms with Gasteiger partial charge in [0.25, 0.3) is 0 Å². The first-order valence-corrected chi connectivity index (χ1v) is 8.28. The van der Waals surface area contributed by atoms with E-state index in [1.165, 1.54) is 11.1 Å². The zero-order valence-electron chi connectivity index (χ0n) is 12.6. The van der Waals surface area contributed by atoms with Crippen LogP contribution in [0.5, 0.6) is 0 Å². The van der Waals surface area contributed by atoms with Crippen molar-refractivity contribution >= 4 is 29.0 Å². The first-order chi connectivity index (χ1) is 11.1. The van der Waals surface area contributed by atoms with Crippen LogP contribution in [-0.2, 0) is 6.42 Å². The maximum Gasteiger partial charge on any atom is 0.133 e. The normalized spacial score (nSPS) is 13.0. The molecule has 0 aliphatic carbocycles. The molecular formula is C18H15Cl2N3. The molecule has 5 heteroatoms. The molecule has 4 rings (SSSR count). The molecule has 0 spiro atoms. The van der Waals surface area contributed by atoms with Gasteiger partial charge < -0.3 is 5.32 Å². The SMILES string of the molecule is Cc1ccc(-c2nn(-c3cccc(Cl)c3Cl)c3c2CCN3)cc1. The standard InChI is InChI=1S/C18H15Cl2N3/c1-11-5-7-12(8-6-11)17-13-9-10-21-18(13)23(22-17)15-4-2-3-14(19)16(15)20/h2-8,21H,9-10H2,1H3. The Bertz CT molecular complexity index is 882. The van der Waals surface area contributed by atoms with Crippen molar-refractivity contribution in [1.29, 1.82) is 0 Å². The molecule has 2 heterocycles. The van der Waals surface area contributed by atoms with Crippen LogP contribution in [0.3, 0.4) is 0 Å². The summed E-state index contributed by atoms with van der Waals surface area (Å²) in [5, 5.41) is 9.28. The van der Waals surface area contributed by atoms with Gasteiger partial charge in [-0.1, -0.05) is 59.1 Å². The molecular weight excluding hydrogens is 329 g/mol. The summed E-state index contributed by atoms with van der Waals surface area (Å²) in [4.78, 5) is 0. The van der Waals surface area contributed by atoms with Crippen molar-refractivity contribution in [2.24, 2.45) is 0 Å². The molecule has 0 bridgehead atoms. The van der Waals surface area contributed by atoms with Gasteiger partial charge in [-0.3, -0.25) is 0 Å². The molecule has 23 heavy (non-hydrogen) atoms. The Morgan fingerprint density at radius 1 is 1.09 bits per heavy atom. The molecule has 0 amide bonds. The molecule has 1 aliphatic rings. The highest BCUT2D eigenvalue weighted by Crippen LogP contribution is 2.37. The lowest BCUT2D eigenvalue weighted by Crippen LogP contribution is -2.05. The molecule has 116 valence electrons. The van der Waals surface area contributed by atoms with Crippen LogP contribution < -0.4 is 5.32 Å². The van der Waals surface area contributed by atoms with Gasteiger partial charge in [-0.2, -0.15) is 5.10 Å². The van der Waals surface area contributed by atoms with Crippen LogP contribution >= 0.6 is 23.2 Å². The summed E-state index contributed by atoms with van der Waals surface area (Å²) < 4.78 is 1.87. The number of fused-ring (bicyclic) bond motifs is 1. The summed E-state index contributed by atoms with van der Waals surface area (Å²) in [6.07, 6.45) is 0.955.